The van der Waals surface area contributed by atoms with E-state index >= 15 is 0 Å². The van der Waals surface area contributed by atoms with E-state index in [2.05, 4.69) is 29.0 Å². The van der Waals surface area contributed by atoms with Gasteiger partial charge in [-0.15, -0.1) is 0 Å². The average Bonchev–Trinajstić information content (AvgIpc) is 2.70. The summed E-state index contributed by atoms with van der Waals surface area (Å²) >= 11 is 5.99. The smallest absolute Gasteiger partial charge is 0.236 e. The van der Waals surface area contributed by atoms with E-state index in [1.165, 1.54) is 0 Å². The van der Waals surface area contributed by atoms with Crippen LogP contribution in [0.3, 0.4) is 0 Å². The summed E-state index contributed by atoms with van der Waals surface area (Å²) < 4.78 is 0. The predicted molar refractivity (Wildman–Crippen MR) is 110 cm³/mol. The van der Waals surface area contributed by atoms with Crippen LogP contribution in [0.25, 0.3) is 0 Å². The molecule has 1 aromatic carbocycles. The minimum Gasteiger partial charge on any atom is -0.353 e. The van der Waals surface area contributed by atoms with E-state index in [0.29, 0.717) is 12.5 Å². The first-order valence-electron chi connectivity index (χ1n) is 9.47. The number of carbonyl (C=O) groups is 1. The molecule has 1 N–H and O–H groups in total. The van der Waals surface area contributed by atoms with Crippen LogP contribution in [0, 0.1) is 5.92 Å². The molecule has 1 amide bonds. The molecule has 144 valence electrons. The van der Waals surface area contributed by atoms with Crippen molar-refractivity contribution in [2.75, 3.05) is 37.6 Å². The molecule has 0 spiro atoms. The number of hydrogen-bond acceptors (Lipinski definition) is 4. The fraction of sp³-hybridized carbons (Fsp3) is 0.429. The number of nitrogens with zero attached hydrogens (tertiary/aromatic N) is 3. The van der Waals surface area contributed by atoms with Gasteiger partial charge in [0.15, 0.2) is 0 Å². The highest BCUT2D eigenvalue weighted by molar-refractivity contribution is 6.30. The molecular weight excluding hydrogens is 360 g/mol. The number of amides is 1. The zero-order chi connectivity index (χ0) is 19.2. The molecule has 1 saturated heterocycles. The largest absolute Gasteiger partial charge is 0.353 e. The maximum atomic E-state index is 12.7. The number of benzene rings is 1. The van der Waals surface area contributed by atoms with Crippen molar-refractivity contribution in [3.63, 3.8) is 0 Å². The Bertz CT molecular complexity index is 728. The Morgan fingerprint density at radius 2 is 1.81 bits per heavy atom. The van der Waals surface area contributed by atoms with Gasteiger partial charge in [-0.3, -0.25) is 4.79 Å². The van der Waals surface area contributed by atoms with E-state index in [4.69, 9.17) is 11.6 Å². The van der Waals surface area contributed by atoms with E-state index in [0.717, 1.165) is 42.6 Å². The summed E-state index contributed by atoms with van der Waals surface area (Å²) in [6.45, 7) is 7.73. The Kier molecular flexibility index (Phi) is 6.69. The van der Waals surface area contributed by atoms with Gasteiger partial charge in [0.2, 0.25) is 5.91 Å². The fourth-order valence-corrected chi connectivity index (χ4v) is 3.57. The summed E-state index contributed by atoms with van der Waals surface area (Å²) in [5.41, 5.74) is 1.15. The van der Waals surface area contributed by atoms with Gasteiger partial charge in [0.25, 0.3) is 0 Å². The molecule has 6 heteroatoms. The van der Waals surface area contributed by atoms with Crippen LogP contribution in [0.1, 0.15) is 25.5 Å². The maximum absolute atomic E-state index is 12.7. The number of hydrogen-bond donors (Lipinski definition) is 1. The Labute approximate surface area is 166 Å². The molecule has 1 aliphatic heterocycles. The van der Waals surface area contributed by atoms with Gasteiger partial charge < -0.3 is 15.1 Å². The zero-order valence-corrected chi connectivity index (χ0v) is 16.7. The molecule has 3 rings (SSSR count). The lowest BCUT2D eigenvalue weighted by molar-refractivity contribution is -0.130. The lowest BCUT2D eigenvalue weighted by Gasteiger charge is -2.36. The third-order valence-corrected chi connectivity index (χ3v) is 5.23. The summed E-state index contributed by atoms with van der Waals surface area (Å²) in [6.07, 6.45) is 1.81. The molecule has 1 atom stereocenters. The van der Waals surface area contributed by atoms with Gasteiger partial charge in [0, 0.05) is 43.4 Å². The molecule has 5 nitrogen and oxygen atoms in total. The quantitative estimate of drug-likeness (QED) is 0.826. The van der Waals surface area contributed by atoms with E-state index in [1.54, 1.807) is 6.20 Å². The molecule has 0 unspecified atom stereocenters. The summed E-state index contributed by atoms with van der Waals surface area (Å²) in [5, 5.41) is 4.16. The lowest BCUT2D eigenvalue weighted by Crippen LogP contribution is -2.51. The maximum Gasteiger partial charge on any atom is 0.236 e. The molecule has 0 saturated carbocycles. The van der Waals surface area contributed by atoms with Crippen LogP contribution in [0.15, 0.2) is 48.7 Å². The molecule has 2 aromatic rings. The van der Waals surface area contributed by atoms with Gasteiger partial charge >= 0.3 is 0 Å². The average molecular weight is 387 g/mol. The van der Waals surface area contributed by atoms with Crippen LogP contribution in [0.5, 0.6) is 0 Å². The van der Waals surface area contributed by atoms with Crippen molar-refractivity contribution in [3.05, 3.63) is 59.2 Å². The van der Waals surface area contributed by atoms with Crippen molar-refractivity contribution in [2.24, 2.45) is 5.92 Å². The normalized spacial score (nSPS) is 15.9. The molecule has 0 bridgehead atoms. The summed E-state index contributed by atoms with van der Waals surface area (Å²) in [6, 6.07) is 13.9. The van der Waals surface area contributed by atoms with Crippen molar-refractivity contribution < 1.29 is 4.79 Å². The lowest BCUT2D eigenvalue weighted by atomic mass is 9.96. The Morgan fingerprint density at radius 3 is 2.41 bits per heavy atom. The molecule has 2 heterocycles. The third kappa shape index (κ3) is 5.21. The van der Waals surface area contributed by atoms with E-state index in [9.17, 15) is 4.79 Å². The van der Waals surface area contributed by atoms with Crippen LogP contribution in [0.2, 0.25) is 5.02 Å². The second kappa shape index (κ2) is 9.20. The standard InChI is InChI=1S/C21H27ClN4O/c1-16(2)21(17-6-8-18(22)9-7-17)24-15-20(27)26-13-11-25(12-14-26)19-5-3-4-10-23-19/h3-10,16,21,24H,11-15H2,1-2H3/t21-/m1/s1. The predicted octanol–water partition coefficient (Wildman–Crippen LogP) is 3.37. The van der Waals surface area contributed by atoms with Crippen molar-refractivity contribution in [2.45, 2.75) is 19.9 Å². The van der Waals surface area contributed by atoms with Gasteiger partial charge in [-0.05, 0) is 35.7 Å². The number of rotatable bonds is 6. The highest BCUT2D eigenvalue weighted by atomic mass is 35.5. The Hall–Kier alpha value is -2.11. The van der Waals surface area contributed by atoms with Crippen LogP contribution in [-0.2, 0) is 4.79 Å². The summed E-state index contributed by atoms with van der Waals surface area (Å²) in [5.74, 6) is 1.50. The van der Waals surface area contributed by atoms with Crippen molar-refractivity contribution in [1.29, 1.82) is 0 Å². The number of anilines is 1. The first kappa shape index (κ1) is 19.6. The third-order valence-electron chi connectivity index (χ3n) is 4.97. The van der Waals surface area contributed by atoms with E-state index in [-0.39, 0.29) is 11.9 Å². The Morgan fingerprint density at radius 1 is 1.11 bits per heavy atom. The molecule has 0 aliphatic carbocycles. The SMILES string of the molecule is CC(C)[C@@H](NCC(=O)N1CCN(c2ccccn2)CC1)c1ccc(Cl)cc1. The zero-order valence-electron chi connectivity index (χ0n) is 15.9. The second-order valence-corrected chi connectivity index (χ2v) is 7.65. The molecule has 1 fully saturated rings. The van der Waals surface area contributed by atoms with E-state index < -0.39 is 0 Å². The molecule has 0 radical (unpaired) electrons. The minimum atomic E-state index is 0.126. The van der Waals surface area contributed by atoms with Crippen LogP contribution in [0.4, 0.5) is 5.82 Å². The first-order chi connectivity index (χ1) is 13.0. The van der Waals surface area contributed by atoms with Crippen molar-refractivity contribution in [1.82, 2.24) is 15.2 Å². The van der Waals surface area contributed by atoms with Crippen LogP contribution in [-0.4, -0.2) is 48.5 Å². The van der Waals surface area contributed by atoms with Gasteiger partial charge in [0.05, 0.1) is 6.54 Å². The number of nitrogens with one attached hydrogen (secondary N) is 1. The number of pyridine rings is 1. The number of halogens is 1. The number of piperazine rings is 1. The topological polar surface area (TPSA) is 48.5 Å². The second-order valence-electron chi connectivity index (χ2n) is 7.21. The van der Waals surface area contributed by atoms with Gasteiger partial charge in [-0.2, -0.15) is 0 Å². The Balaban J connectivity index is 1.52. The fourth-order valence-electron chi connectivity index (χ4n) is 3.44. The van der Waals surface area contributed by atoms with Gasteiger partial charge in [0.1, 0.15) is 5.82 Å². The van der Waals surface area contributed by atoms with Crippen molar-refractivity contribution >= 4 is 23.3 Å². The minimum absolute atomic E-state index is 0.126. The molecular formula is C21H27ClN4O. The first-order valence-corrected chi connectivity index (χ1v) is 9.85. The number of carbonyl (C=O) groups excluding carboxylic acids is 1. The number of aromatic nitrogens is 1. The van der Waals surface area contributed by atoms with E-state index in [1.807, 2.05) is 47.4 Å². The summed E-state index contributed by atoms with van der Waals surface area (Å²) in [7, 11) is 0. The monoisotopic (exact) mass is 386 g/mol. The molecule has 27 heavy (non-hydrogen) atoms. The summed E-state index contributed by atoms with van der Waals surface area (Å²) in [4.78, 5) is 21.2. The highest BCUT2D eigenvalue weighted by Crippen LogP contribution is 2.23. The molecule has 1 aliphatic rings. The van der Waals surface area contributed by atoms with Crippen LogP contribution < -0.4 is 10.2 Å². The van der Waals surface area contributed by atoms with Gasteiger partial charge in [-0.1, -0.05) is 43.6 Å². The van der Waals surface area contributed by atoms with Crippen molar-refractivity contribution in [3.8, 4) is 0 Å². The molecule has 1 aromatic heterocycles. The van der Waals surface area contributed by atoms with Crippen LogP contribution >= 0.6 is 11.6 Å². The highest BCUT2D eigenvalue weighted by Gasteiger charge is 2.23. The van der Waals surface area contributed by atoms with Gasteiger partial charge in [-0.25, -0.2) is 4.98 Å².